The van der Waals surface area contributed by atoms with Gasteiger partial charge in [-0.3, -0.25) is 4.79 Å². The van der Waals surface area contributed by atoms with Crippen LogP contribution in [-0.4, -0.2) is 34.1 Å². The van der Waals surface area contributed by atoms with Crippen LogP contribution >= 0.6 is 11.6 Å². The molecule has 3 aromatic rings. The zero-order valence-electron chi connectivity index (χ0n) is 17.0. The largest absolute Gasteiger partial charge is 0.480 e. The van der Waals surface area contributed by atoms with E-state index < -0.39 is 6.10 Å². The topological polar surface area (TPSA) is 68.5 Å². The minimum absolute atomic E-state index is 0.147. The van der Waals surface area contributed by atoms with Crippen LogP contribution in [0.1, 0.15) is 30.4 Å². The maximum absolute atomic E-state index is 12.9. The minimum atomic E-state index is -0.591. The number of likely N-dealkylation sites (N-methyl/N-ethyl adjacent to an activating group) is 1. The summed E-state index contributed by atoms with van der Waals surface area (Å²) in [6.07, 6.45) is -0.0444. The quantitative estimate of drug-likeness (QED) is 0.555. The standard InChI is InChI=1S/C22H24ClN3O3/c1-5-18(28-19-12-14(2)10-11-15(19)3)22(27)26(4)13-20-24-21(25-29-20)16-8-6-7-9-17(16)23/h6-12,18H,5,13H2,1-4H3/t18-/m1/s1. The van der Waals surface area contributed by atoms with E-state index in [1.54, 1.807) is 13.1 Å². The molecule has 0 aliphatic heterocycles. The number of carbonyl (C=O) groups excluding carboxylic acids is 1. The predicted octanol–water partition coefficient (Wildman–Crippen LogP) is 4.82. The zero-order valence-corrected chi connectivity index (χ0v) is 17.7. The molecular weight excluding hydrogens is 390 g/mol. The van der Waals surface area contributed by atoms with Gasteiger partial charge in [0.05, 0.1) is 11.6 Å². The lowest BCUT2D eigenvalue weighted by Gasteiger charge is -2.23. The highest BCUT2D eigenvalue weighted by molar-refractivity contribution is 6.33. The van der Waals surface area contributed by atoms with Crippen molar-refractivity contribution in [2.45, 2.75) is 39.8 Å². The van der Waals surface area contributed by atoms with E-state index in [1.807, 2.05) is 57.2 Å². The van der Waals surface area contributed by atoms with E-state index in [0.717, 1.165) is 16.9 Å². The highest BCUT2D eigenvalue weighted by Gasteiger charge is 2.24. The average molecular weight is 414 g/mol. The van der Waals surface area contributed by atoms with E-state index in [2.05, 4.69) is 10.1 Å². The molecule has 0 saturated carbocycles. The molecule has 0 unspecified atom stereocenters. The third kappa shape index (κ3) is 4.95. The van der Waals surface area contributed by atoms with Crippen LogP contribution in [0.25, 0.3) is 11.4 Å². The van der Waals surface area contributed by atoms with Crippen LogP contribution in [0.2, 0.25) is 5.02 Å². The molecule has 7 heteroatoms. The Balaban J connectivity index is 1.69. The molecule has 0 bridgehead atoms. The Hall–Kier alpha value is -2.86. The number of aromatic nitrogens is 2. The van der Waals surface area contributed by atoms with Gasteiger partial charge >= 0.3 is 0 Å². The number of ether oxygens (including phenoxy) is 1. The molecule has 1 amide bonds. The second-order valence-electron chi connectivity index (χ2n) is 6.97. The normalized spacial score (nSPS) is 11.9. The maximum Gasteiger partial charge on any atom is 0.263 e. The van der Waals surface area contributed by atoms with Crippen LogP contribution in [0.4, 0.5) is 0 Å². The van der Waals surface area contributed by atoms with Crippen molar-refractivity contribution < 1.29 is 14.1 Å². The summed E-state index contributed by atoms with van der Waals surface area (Å²) in [4.78, 5) is 18.8. The molecule has 0 fully saturated rings. The van der Waals surface area contributed by atoms with Gasteiger partial charge in [0.15, 0.2) is 6.10 Å². The SMILES string of the molecule is CC[C@@H](Oc1cc(C)ccc1C)C(=O)N(C)Cc1nc(-c2ccccc2Cl)no1. The summed E-state index contributed by atoms with van der Waals surface area (Å²) in [5.74, 6) is 1.30. The molecule has 0 N–H and O–H groups in total. The molecule has 1 heterocycles. The molecule has 0 aliphatic carbocycles. The lowest BCUT2D eigenvalue weighted by atomic mass is 10.1. The molecule has 1 atom stereocenters. The van der Waals surface area contributed by atoms with E-state index in [4.69, 9.17) is 20.9 Å². The first-order chi connectivity index (χ1) is 13.9. The second kappa shape index (κ2) is 9.09. The molecule has 2 aromatic carbocycles. The number of amides is 1. The summed E-state index contributed by atoms with van der Waals surface area (Å²) < 4.78 is 11.3. The highest BCUT2D eigenvalue weighted by Crippen LogP contribution is 2.25. The lowest BCUT2D eigenvalue weighted by molar-refractivity contribution is -0.138. The second-order valence-corrected chi connectivity index (χ2v) is 7.38. The molecule has 0 aliphatic rings. The average Bonchev–Trinajstić information content (AvgIpc) is 3.16. The van der Waals surface area contributed by atoms with Crippen molar-refractivity contribution in [3.63, 3.8) is 0 Å². The van der Waals surface area contributed by atoms with E-state index in [1.165, 1.54) is 4.90 Å². The van der Waals surface area contributed by atoms with Gasteiger partial charge in [0.25, 0.3) is 5.91 Å². The van der Waals surface area contributed by atoms with Crippen LogP contribution in [0.15, 0.2) is 47.0 Å². The molecule has 0 spiro atoms. The molecule has 152 valence electrons. The Morgan fingerprint density at radius 3 is 2.72 bits per heavy atom. The first kappa shape index (κ1) is 20.9. The Morgan fingerprint density at radius 2 is 2.00 bits per heavy atom. The number of rotatable bonds is 7. The van der Waals surface area contributed by atoms with E-state index in [0.29, 0.717) is 28.7 Å². The molecule has 29 heavy (non-hydrogen) atoms. The molecule has 1 aromatic heterocycles. The smallest absolute Gasteiger partial charge is 0.263 e. The van der Waals surface area contributed by atoms with Crippen molar-refractivity contribution in [3.8, 4) is 17.1 Å². The number of aryl methyl sites for hydroxylation is 2. The fraction of sp³-hybridized carbons (Fsp3) is 0.318. The Labute approximate surface area is 175 Å². The van der Waals surface area contributed by atoms with Gasteiger partial charge in [0.1, 0.15) is 5.75 Å². The number of hydrogen-bond donors (Lipinski definition) is 0. The zero-order chi connectivity index (χ0) is 21.0. The number of hydrogen-bond acceptors (Lipinski definition) is 5. The molecular formula is C22H24ClN3O3. The van der Waals surface area contributed by atoms with E-state index >= 15 is 0 Å². The summed E-state index contributed by atoms with van der Waals surface area (Å²) in [6, 6.07) is 13.2. The van der Waals surface area contributed by atoms with Crippen LogP contribution < -0.4 is 4.74 Å². The molecule has 6 nitrogen and oxygen atoms in total. The fourth-order valence-electron chi connectivity index (χ4n) is 2.89. The molecule has 0 radical (unpaired) electrons. The van der Waals surface area contributed by atoms with Crippen molar-refractivity contribution in [1.82, 2.24) is 15.0 Å². The van der Waals surface area contributed by atoms with Crippen molar-refractivity contribution in [1.29, 1.82) is 0 Å². The fourth-order valence-corrected chi connectivity index (χ4v) is 3.11. The molecule has 0 saturated heterocycles. The van der Waals surface area contributed by atoms with E-state index in [9.17, 15) is 4.79 Å². The first-order valence-corrected chi connectivity index (χ1v) is 9.83. The summed E-state index contributed by atoms with van der Waals surface area (Å²) >= 11 is 6.18. The maximum atomic E-state index is 12.9. The third-order valence-corrected chi connectivity index (χ3v) is 4.92. The summed E-state index contributed by atoms with van der Waals surface area (Å²) in [5, 5.41) is 4.51. The van der Waals surface area contributed by atoms with Crippen LogP contribution in [0.5, 0.6) is 5.75 Å². The Morgan fingerprint density at radius 1 is 1.24 bits per heavy atom. The van der Waals surface area contributed by atoms with Gasteiger partial charge < -0.3 is 14.2 Å². The Kier molecular flexibility index (Phi) is 6.54. The minimum Gasteiger partial charge on any atom is -0.480 e. The Bertz CT molecular complexity index is 1000. The van der Waals surface area contributed by atoms with Gasteiger partial charge in [-0.2, -0.15) is 4.98 Å². The van der Waals surface area contributed by atoms with Crippen molar-refractivity contribution >= 4 is 17.5 Å². The summed E-state index contributed by atoms with van der Waals surface area (Å²) in [5.41, 5.74) is 2.76. The highest BCUT2D eigenvalue weighted by atomic mass is 35.5. The van der Waals surface area contributed by atoms with E-state index in [-0.39, 0.29) is 12.5 Å². The number of carbonyl (C=O) groups is 1. The van der Waals surface area contributed by atoms with Gasteiger partial charge in [-0.05, 0) is 49.6 Å². The molecule has 3 rings (SSSR count). The summed E-state index contributed by atoms with van der Waals surface area (Å²) in [7, 11) is 1.69. The third-order valence-electron chi connectivity index (χ3n) is 4.59. The van der Waals surface area contributed by atoms with Gasteiger partial charge in [0, 0.05) is 12.6 Å². The summed E-state index contributed by atoms with van der Waals surface area (Å²) in [6.45, 7) is 6.06. The number of benzene rings is 2. The van der Waals surface area contributed by atoms with Gasteiger partial charge in [-0.25, -0.2) is 0 Å². The number of nitrogens with zero attached hydrogens (tertiary/aromatic N) is 3. The van der Waals surface area contributed by atoms with Crippen LogP contribution in [-0.2, 0) is 11.3 Å². The van der Waals surface area contributed by atoms with Crippen molar-refractivity contribution in [2.24, 2.45) is 0 Å². The predicted molar refractivity (Wildman–Crippen MR) is 112 cm³/mol. The van der Waals surface area contributed by atoms with Crippen molar-refractivity contribution in [3.05, 3.63) is 64.5 Å². The van der Waals surface area contributed by atoms with Crippen molar-refractivity contribution in [2.75, 3.05) is 7.05 Å². The lowest BCUT2D eigenvalue weighted by Crippen LogP contribution is -2.39. The van der Waals surface area contributed by atoms with Crippen LogP contribution in [0, 0.1) is 13.8 Å². The van der Waals surface area contributed by atoms with Crippen LogP contribution in [0.3, 0.4) is 0 Å². The van der Waals surface area contributed by atoms with Gasteiger partial charge in [-0.15, -0.1) is 0 Å². The van der Waals surface area contributed by atoms with Gasteiger partial charge in [0.2, 0.25) is 11.7 Å². The van der Waals surface area contributed by atoms with Gasteiger partial charge in [-0.1, -0.05) is 47.9 Å². The first-order valence-electron chi connectivity index (χ1n) is 9.45. The number of halogens is 1. The monoisotopic (exact) mass is 413 g/mol.